The van der Waals surface area contributed by atoms with E-state index >= 15 is 0 Å². The Kier molecular flexibility index (Phi) is 7.97. The summed E-state index contributed by atoms with van der Waals surface area (Å²) in [6.07, 6.45) is 4.35. The fourth-order valence-corrected chi connectivity index (χ4v) is 9.69. The maximum absolute atomic E-state index is 2.28. The Labute approximate surface area is 108 Å². The van der Waals surface area contributed by atoms with Crippen molar-refractivity contribution >= 4 is 52.7 Å². The van der Waals surface area contributed by atoms with Crippen LogP contribution >= 0.6 is 52.7 Å². The molecule has 0 atom stereocenters. The molecule has 1 aromatic heterocycles. The zero-order chi connectivity index (χ0) is 9.52. The standard InChI is InChI=1S/C7H10IS5/c1-9-5-12-6-3-11-4-7(6)13-8-10-2/h3-4H,5H2,1-2H3/q-1. The number of halogens is 1. The maximum atomic E-state index is 2.28. The van der Waals surface area contributed by atoms with Crippen LogP contribution in [0.5, 0.6) is 0 Å². The first kappa shape index (κ1) is 12.9. The molecule has 0 amide bonds. The average molecular weight is 381 g/mol. The van der Waals surface area contributed by atoms with Crippen molar-refractivity contribution in [2.24, 2.45) is 0 Å². The summed E-state index contributed by atoms with van der Waals surface area (Å²) in [5.41, 5.74) is 0. The van der Waals surface area contributed by atoms with Crippen LogP contribution in [0, 0.1) is 0 Å². The van der Waals surface area contributed by atoms with Gasteiger partial charge >= 0.3 is 109 Å². The summed E-state index contributed by atoms with van der Waals surface area (Å²) < 4.78 is 0. The summed E-state index contributed by atoms with van der Waals surface area (Å²) in [6, 6.07) is 0. The molecule has 0 nitrogen and oxygen atoms in total. The van der Waals surface area contributed by atoms with Gasteiger partial charge in [-0.1, -0.05) is 0 Å². The molecule has 0 aliphatic heterocycles. The predicted octanol–water partition coefficient (Wildman–Crippen LogP) is 1.53. The zero-order valence-electron chi connectivity index (χ0n) is 7.28. The summed E-state index contributed by atoms with van der Waals surface area (Å²) in [5, 5.41) is 5.72. The van der Waals surface area contributed by atoms with Gasteiger partial charge in [0.1, 0.15) is 0 Å². The molecule has 13 heavy (non-hydrogen) atoms. The van der Waals surface area contributed by atoms with E-state index in [0.29, 0.717) is 0 Å². The molecule has 76 valence electrons. The third-order valence-electron chi connectivity index (χ3n) is 1.10. The van der Waals surface area contributed by atoms with Crippen LogP contribution in [0.4, 0.5) is 0 Å². The van der Waals surface area contributed by atoms with Crippen molar-refractivity contribution in [2.75, 3.05) is 17.6 Å². The van der Waals surface area contributed by atoms with Crippen molar-refractivity contribution in [1.29, 1.82) is 0 Å². The molecule has 1 aromatic rings. The van der Waals surface area contributed by atoms with E-state index in [1.807, 2.05) is 43.8 Å². The average Bonchev–Trinajstić information content (AvgIpc) is 2.59. The summed E-state index contributed by atoms with van der Waals surface area (Å²) in [5.74, 6) is 0. The second-order valence-corrected chi connectivity index (χ2v) is 13.5. The minimum atomic E-state index is 0.263. The Bertz CT molecular complexity index is 214. The Balaban J connectivity index is 2.45. The quantitative estimate of drug-likeness (QED) is 0.416. The molecule has 0 spiro atoms. The molecular formula is C7H10IS5-. The number of rotatable bonds is 6. The van der Waals surface area contributed by atoms with E-state index in [1.165, 1.54) is 14.9 Å². The Morgan fingerprint density at radius 1 is 1.31 bits per heavy atom. The number of thiophene rings is 1. The third kappa shape index (κ3) is 4.92. The van der Waals surface area contributed by atoms with Gasteiger partial charge in [-0.05, 0) is 0 Å². The minimum absolute atomic E-state index is 0.263. The van der Waals surface area contributed by atoms with E-state index in [2.05, 4.69) is 32.2 Å². The fourth-order valence-electron chi connectivity index (χ4n) is 0.623. The molecule has 1 rings (SSSR count). The van der Waals surface area contributed by atoms with Crippen LogP contribution in [0.1, 0.15) is 0 Å². The van der Waals surface area contributed by atoms with Crippen molar-refractivity contribution in [3.8, 4) is 0 Å². The van der Waals surface area contributed by atoms with Crippen molar-refractivity contribution < 1.29 is 18.4 Å². The second-order valence-electron chi connectivity index (χ2n) is 1.95. The molecule has 0 saturated heterocycles. The molecule has 0 N–H and O–H groups in total. The normalized spacial score (nSPS) is 10.9. The molecule has 6 heteroatoms. The molecule has 0 unspecified atom stereocenters. The van der Waals surface area contributed by atoms with Crippen molar-refractivity contribution in [3.05, 3.63) is 10.8 Å². The Morgan fingerprint density at radius 3 is 2.77 bits per heavy atom. The van der Waals surface area contributed by atoms with Crippen LogP contribution < -0.4 is 18.4 Å². The number of hydrogen-bond donors (Lipinski definition) is 0. The number of hydrogen-bond acceptors (Lipinski definition) is 5. The summed E-state index contributed by atoms with van der Waals surface area (Å²) in [6.45, 7) is 0. The first-order valence-electron chi connectivity index (χ1n) is 3.41. The molecule has 0 fully saturated rings. The van der Waals surface area contributed by atoms with E-state index in [-0.39, 0.29) is 18.4 Å². The molecule has 0 aliphatic rings. The van der Waals surface area contributed by atoms with Crippen LogP contribution in [-0.4, -0.2) is 17.6 Å². The molecule has 0 aliphatic carbocycles. The molecule has 0 radical (unpaired) electrons. The van der Waals surface area contributed by atoms with Gasteiger partial charge in [0, 0.05) is 0 Å². The van der Waals surface area contributed by atoms with Crippen LogP contribution in [0.15, 0.2) is 20.6 Å². The zero-order valence-corrected chi connectivity index (χ0v) is 13.5. The van der Waals surface area contributed by atoms with Crippen molar-refractivity contribution in [3.63, 3.8) is 0 Å². The Morgan fingerprint density at radius 2 is 2.08 bits per heavy atom. The van der Waals surface area contributed by atoms with Gasteiger partial charge in [0.05, 0.1) is 0 Å². The van der Waals surface area contributed by atoms with E-state index in [0.717, 1.165) is 0 Å². The summed E-state index contributed by atoms with van der Waals surface area (Å²) in [7, 11) is 4.05. The SMILES string of the molecule is CSCSc1cscc1S[I-]SC. The Hall–Kier alpha value is 1.83. The van der Waals surface area contributed by atoms with Gasteiger partial charge in [0.15, 0.2) is 0 Å². The topological polar surface area (TPSA) is 0 Å². The molecule has 0 saturated carbocycles. The van der Waals surface area contributed by atoms with Gasteiger partial charge in [-0.25, -0.2) is 0 Å². The van der Waals surface area contributed by atoms with Crippen LogP contribution in [-0.2, 0) is 0 Å². The van der Waals surface area contributed by atoms with Gasteiger partial charge in [-0.15, -0.1) is 0 Å². The van der Waals surface area contributed by atoms with Crippen LogP contribution in [0.2, 0.25) is 0 Å². The molecule has 0 aromatic carbocycles. The van der Waals surface area contributed by atoms with Crippen molar-refractivity contribution in [1.82, 2.24) is 0 Å². The van der Waals surface area contributed by atoms with E-state index in [4.69, 9.17) is 0 Å². The molecule has 1 heterocycles. The fraction of sp³-hybridized carbons (Fsp3) is 0.429. The first-order valence-corrected chi connectivity index (χ1v) is 13.9. The van der Waals surface area contributed by atoms with E-state index < -0.39 is 0 Å². The first-order chi connectivity index (χ1) is 6.38. The van der Waals surface area contributed by atoms with Crippen LogP contribution in [0.3, 0.4) is 0 Å². The van der Waals surface area contributed by atoms with Crippen LogP contribution in [0.25, 0.3) is 0 Å². The molecular weight excluding hydrogens is 371 g/mol. The molecule has 0 bridgehead atoms. The summed E-state index contributed by atoms with van der Waals surface area (Å²) in [4.78, 5) is 2.99. The van der Waals surface area contributed by atoms with Gasteiger partial charge in [-0.2, -0.15) is 0 Å². The van der Waals surface area contributed by atoms with E-state index in [9.17, 15) is 0 Å². The number of thioether (sulfide) groups is 2. The van der Waals surface area contributed by atoms with Gasteiger partial charge in [-0.3, -0.25) is 0 Å². The van der Waals surface area contributed by atoms with Crippen molar-refractivity contribution in [2.45, 2.75) is 9.79 Å². The summed E-state index contributed by atoms with van der Waals surface area (Å²) >= 11 is 5.95. The van der Waals surface area contributed by atoms with Gasteiger partial charge < -0.3 is 0 Å². The predicted molar refractivity (Wildman–Crippen MR) is 67.9 cm³/mol. The monoisotopic (exact) mass is 381 g/mol. The third-order valence-corrected chi connectivity index (χ3v) is 11.9. The van der Waals surface area contributed by atoms with Gasteiger partial charge in [0.25, 0.3) is 0 Å². The van der Waals surface area contributed by atoms with E-state index in [1.54, 1.807) is 0 Å². The van der Waals surface area contributed by atoms with Gasteiger partial charge in [0.2, 0.25) is 0 Å². The second kappa shape index (κ2) is 8.04.